The van der Waals surface area contributed by atoms with Crippen molar-refractivity contribution in [2.24, 2.45) is 5.73 Å². The van der Waals surface area contributed by atoms with E-state index >= 15 is 0 Å². The monoisotopic (exact) mass is 542 g/mol. The fourth-order valence-electron chi connectivity index (χ4n) is 3.65. The first-order valence-corrected chi connectivity index (χ1v) is 12.6. The van der Waals surface area contributed by atoms with E-state index in [-0.39, 0.29) is 29.9 Å². The Bertz CT molecular complexity index is 1220. The second-order valence-electron chi connectivity index (χ2n) is 9.61. The van der Waals surface area contributed by atoms with Crippen molar-refractivity contribution in [1.29, 1.82) is 0 Å². The lowest BCUT2D eigenvalue weighted by Gasteiger charge is -2.23. The molecule has 0 saturated heterocycles. The molecule has 0 fully saturated rings. The Morgan fingerprint density at radius 1 is 1.10 bits per heavy atom. The van der Waals surface area contributed by atoms with E-state index in [0.717, 1.165) is 0 Å². The molecule has 0 unspecified atom stereocenters. The number of likely N-dealkylation sites (N-methyl/N-ethyl adjacent to an activating group) is 2. The average molecular weight is 543 g/mol. The number of nitrogens with one attached hydrogen (secondary N) is 2. The summed E-state index contributed by atoms with van der Waals surface area (Å²) in [5.74, 6) is -1.17. The molecule has 0 aliphatic heterocycles. The molecule has 0 aliphatic carbocycles. The summed E-state index contributed by atoms with van der Waals surface area (Å²) in [6.07, 6.45) is 4.05. The molecule has 2 aromatic rings. The van der Waals surface area contributed by atoms with Crippen LogP contribution in [0.4, 0.5) is 21.7 Å². The number of aryl methyl sites for hydroxylation is 1. The molecule has 0 saturated carbocycles. The van der Waals surface area contributed by atoms with Gasteiger partial charge in [0.15, 0.2) is 17.3 Å². The Morgan fingerprint density at radius 3 is 2.38 bits per heavy atom. The molecule has 0 bridgehead atoms. The highest BCUT2D eigenvalue weighted by Gasteiger charge is 2.21. The number of nitrogens with two attached hydrogens (primary N) is 1. The zero-order valence-electron chi connectivity index (χ0n) is 23.7. The second-order valence-corrected chi connectivity index (χ2v) is 9.61. The van der Waals surface area contributed by atoms with Crippen molar-refractivity contribution in [2.75, 3.05) is 58.5 Å². The Kier molecular flexibility index (Phi) is 11.3. The molecule has 12 heteroatoms. The number of hydrogen-bond acceptors (Lipinski definition) is 8. The topological polar surface area (TPSA) is 137 Å². The maximum absolute atomic E-state index is 14.5. The van der Waals surface area contributed by atoms with Crippen molar-refractivity contribution in [3.05, 3.63) is 53.1 Å². The third-order valence-corrected chi connectivity index (χ3v) is 5.91. The van der Waals surface area contributed by atoms with Gasteiger partial charge in [-0.3, -0.25) is 14.4 Å². The van der Waals surface area contributed by atoms with Crippen LogP contribution >= 0.6 is 0 Å². The number of amides is 3. The Labute approximate surface area is 229 Å². The summed E-state index contributed by atoms with van der Waals surface area (Å²) in [6, 6.07) is 3.63. The van der Waals surface area contributed by atoms with E-state index in [9.17, 15) is 18.8 Å². The van der Waals surface area contributed by atoms with Crippen LogP contribution in [0.2, 0.25) is 0 Å². The maximum atomic E-state index is 14.5. The number of primary amides is 1. The minimum atomic E-state index is -0.755. The highest BCUT2D eigenvalue weighted by atomic mass is 19.1. The van der Waals surface area contributed by atoms with Gasteiger partial charge in [0, 0.05) is 46.0 Å². The van der Waals surface area contributed by atoms with E-state index in [0.29, 0.717) is 42.1 Å². The second kappa shape index (κ2) is 14.2. The van der Waals surface area contributed by atoms with Crippen LogP contribution in [-0.2, 0) is 22.4 Å². The first-order chi connectivity index (χ1) is 18.3. The molecule has 1 aromatic heterocycles. The third kappa shape index (κ3) is 9.02. The minimum absolute atomic E-state index is 0.0419. The van der Waals surface area contributed by atoms with Crippen LogP contribution in [-0.4, -0.2) is 91.9 Å². The molecule has 3 amide bonds. The molecule has 1 atom stereocenters. The predicted molar refractivity (Wildman–Crippen MR) is 151 cm³/mol. The van der Waals surface area contributed by atoms with Gasteiger partial charge in [-0.1, -0.05) is 13.0 Å². The van der Waals surface area contributed by atoms with Gasteiger partial charge in [0.1, 0.15) is 11.9 Å². The average Bonchev–Trinajstić information content (AvgIpc) is 2.86. The Balaban J connectivity index is 2.10. The highest BCUT2D eigenvalue weighted by molar-refractivity contribution is 5.96. The van der Waals surface area contributed by atoms with Gasteiger partial charge >= 0.3 is 0 Å². The van der Waals surface area contributed by atoms with Crippen LogP contribution in [0.25, 0.3) is 0 Å². The molecule has 11 nitrogen and oxygen atoms in total. The van der Waals surface area contributed by atoms with Gasteiger partial charge in [-0.25, -0.2) is 14.4 Å². The lowest BCUT2D eigenvalue weighted by atomic mass is 10.1. The van der Waals surface area contributed by atoms with Gasteiger partial charge in [0.25, 0.3) is 5.91 Å². The van der Waals surface area contributed by atoms with Gasteiger partial charge in [0.2, 0.25) is 11.8 Å². The molecule has 2 rings (SSSR count). The van der Waals surface area contributed by atoms with Crippen molar-refractivity contribution in [2.45, 2.75) is 32.7 Å². The van der Waals surface area contributed by atoms with Crippen molar-refractivity contribution < 1.29 is 18.8 Å². The molecule has 1 aromatic carbocycles. The van der Waals surface area contributed by atoms with Crippen molar-refractivity contribution in [1.82, 2.24) is 25.1 Å². The fourth-order valence-corrected chi connectivity index (χ4v) is 3.65. The zero-order chi connectivity index (χ0) is 29.3. The van der Waals surface area contributed by atoms with Gasteiger partial charge in [0.05, 0.1) is 5.69 Å². The highest BCUT2D eigenvalue weighted by Crippen LogP contribution is 2.25. The molecule has 4 N–H and O–H groups in total. The van der Waals surface area contributed by atoms with Crippen molar-refractivity contribution in [3.8, 4) is 0 Å². The van der Waals surface area contributed by atoms with Crippen LogP contribution in [0.5, 0.6) is 0 Å². The van der Waals surface area contributed by atoms with Crippen molar-refractivity contribution in [3.63, 3.8) is 0 Å². The van der Waals surface area contributed by atoms with Gasteiger partial charge in [-0.15, -0.1) is 0 Å². The van der Waals surface area contributed by atoms with E-state index in [4.69, 9.17) is 5.73 Å². The first-order valence-electron chi connectivity index (χ1n) is 12.6. The summed E-state index contributed by atoms with van der Waals surface area (Å²) < 4.78 is 14.5. The van der Waals surface area contributed by atoms with E-state index in [1.807, 2.05) is 40.0 Å². The normalized spacial score (nSPS) is 11.9. The maximum Gasteiger partial charge on any atom is 0.271 e. The fraction of sp³-hybridized carbons (Fsp3) is 0.444. The summed E-state index contributed by atoms with van der Waals surface area (Å²) in [5.41, 5.74) is 7.06. The molecule has 0 radical (unpaired) electrons. The number of carbonyl (C=O) groups excluding carboxylic acids is 3. The molecular weight excluding hydrogens is 503 g/mol. The summed E-state index contributed by atoms with van der Waals surface area (Å²) in [5, 5.41) is 5.76. The lowest BCUT2D eigenvalue weighted by Crippen LogP contribution is -2.45. The number of anilines is 3. The van der Waals surface area contributed by atoms with Crippen LogP contribution in [0.15, 0.2) is 30.4 Å². The summed E-state index contributed by atoms with van der Waals surface area (Å²) in [4.78, 5) is 50.9. The predicted octanol–water partition coefficient (Wildman–Crippen LogP) is 1.71. The number of hydrogen-bond donors (Lipinski definition) is 3. The number of aromatic nitrogens is 2. The van der Waals surface area contributed by atoms with Crippen LogP contribution < -0.4 is 21.3 Å². The first kappa shape index (κ1) is 31.2. The zero-order valence-corrected chi connectivity index (χ0v) is 23.7. The Hall–Kier alpha value is -4.06. The van der Waals surface area contributed by atoms with E-state index in [1.165, 1.54) is 23.1 Å². The SMILES string of the molecule is CCc1nc(C(N)=O)c(Nc2cc(F)cc(CCNC(=O)[C@H](C)N(C)C(=O)/C=C/CN(C)C)c2)nc1N(C)C. The number of benzene rings is 1. The molecule has 0 aliphatic rings. The van der Waals surface area contributed by atoms with E-state index < -0.39 is 17.8 Å². The summed E-state index contributed by atoms with van der Waals surface area (Å²) >= 11 is 0. The van der Waals surface area contributed by atoms with Gasteiger partial charge < -0.3 is 31.1 Å². The summed E-state index contributed by atoms with van der Waals surface area (Å²) in [6.45, 7) is 4.38. The standard InChI is InChI=1S/C27H39FN8O3/c1-8-21-26(35(5)6)33-25(23(32-21)24(29)38)31-20-15-18(14-19(28)16-20)11-12-30-27(39)17(2)36(7)22(37)10-9-13-34(3)4/h9-10,14-17H,8,11-13H2,1-7H3,(H2,29,38)(H,30,39)(H,31,33)/b10-9+/t17-/m0/s1. The molecule has 1 heterocycles. The van der Waals surface area contributed by atoms with E-state index in [2.05, 4.69) is 20.6 Å². The smallest absolute Gasteiger partial charge is 0.271 e. The van der Waals surface area contributed by atoms with Crippen molar-refractivity contribution >= 4 is 35.0 Å². The van der Waals surface area contributed by atoms with Crippen LogP contribution in [0.1, 0.15) is 35.6 Å². The van der Waals surface area contributed by atoms with Gasteiger partial charge in [-0.05, 0) is 57.6 Å². The number of carbonyl (C=O) groups is 3. The summed E-state index contributed by atoms with van der Waals surface area (Å²) in [7, 11) is 8.96. The Morgan fingerprint density at radius 2 is 1.79 bits per heavy atom. The molecule has 39 heavy (non-hydrogen) atoms. The quantitative estimate of drug-likeness (QED) is 0.326. The number of halogens is 1. The minimum Gasteiger partial charge on any atom is -0.364 e. The van der Waals surface area contributed by atoms with E-state index in [1.54, 1.807) is 31.0 Å². The van der Waals surface area contributed by atoms with Crippen LogP contribution in [0, 0.1) is 5.82 Å². The third-order valence-electron chi connectivity index (χ3n) is 5.91. The number of nitrogens with zero attached hydrogens (tertiary/aromatic N) is 5. The molecular formula is C27H39FN8O3. The lowest BCUT2D eigenvalue weighted by molar-refractivity contribution is -0.135. The van der Waals surface area contributed by atoms with Crippen LogP contribution in [0.3, 0.4) is 0 Å². The molecule has 0 spiro atoms. The largest absolute Gasteiger partial charge is 0.364 e. The number of rotatable bonds is 13. The van der Waals surface area contributed by atoms with Gasteiger partial charge in [-0.2, -0.15) is 0 Å². The molecule has 212 valence electrons.